The molecule has 2 aliphatic rings. The fourth-order valence-corrected chi connectivity index (χ4v) is 3.61. The van der Waals surface area contributed by atoms with Gasteiger partial charge in [-0.2, -0.15) is 0 Å². The minimum Gasteiger partial charge on any atom is -0.444 e. The number of anilines is 1. The Balaban J connectivity index is 1.83. The highest BCUT2D eigenvalue weighted by atomic mass is 16.6. The summed E-state index contributed by atoms with van der Waals surface area (Å²) < 4.78 is 5.57. The number of hydrogen-bond donors (Lipinski definition) is 1. The van der Waals surface area contributed by atoms with E-state index in [0.717, 1.165) is 31.5 Å². The molecule has 21 heavy (non-hydrogen) atoms. The summed E-state index contributed by atoms with van der Waals surface area (Å²) in [5, 5.41) is 0. The van der Waals surface area contributed by atoms with Gasteiger partial charge in [-0.3, -0.25) is 0 Å². The van der Waals surface area contributed by atoms with Crippen LogP contribution in [0.25, 0.3) is 0 Å². The van der Waals surface area contributed by atoms with E-state index in [1.807, 2.05) is 31.7 Å². The maximum atomic E-state index is 12.5. The van der Waals surface area contributed by atoms with Crippen LogP contribution < -0.4 is 5.73 Å². The molecule has 0 saturated carbocycles. The topological polar surface area (TPSA) is 55.6 Å². The Morgan fingerprint density at radius 1 is 1.38 bits per heavy atom. The summed E-state index contributed by atoms with van der Waals surface area (Å²) in [7, 11) is 0. The van der Waals surface area contributed by atoms with Gasteiger partial charge < -0.3 is 15.4 Å². The van der Waals surface area contributed by atoms with Gasteiger partial charge in [-0.15, -0.1) is 0 Å². The molecule has 1 amide bonds. The van der Waals surface area contributed by atoms with Gasteiger partial charge in [-0.25, -0.2) is 4.79 Å². The van der Waals surface area contributed by atoms with Crippen molar-refractivity contribution in [2.45, 2.75) is 57.6 Å². The molecule has 1 aromatic rings. The van der Waals surface area contributed by atoms with Crippen LogP contribution in [0.3, 0.4) is 0 Å². The van der Waals surface area contributed by atoms with Crippen LogP contribution in [-0.2, 0) is 11.2 Å². The molecule has 4 nitrogen and oxygen atoms in total. The van der Waals surface area contributed by atoms with E-state index < -0.39 is 5.60 Å². The number of ether oxygens (including phenoxy) is 1. The van der Waals surface area contributed by atoms with Crippen molar-refractivity contribution in [1.29, 1.82) is 0 Å². The smallest absolute Gasteiger partial charge is 0.410 e. The Morgan fingerprint density at radius 2 is 2.14 bits per heavy atom. The van der Waals surface area contributed by atoms with Gasteiger partial charge in [0, 0.05) is 24.2 Å². The molecule has 114 valence electrons. The third kappa shape index (κ3) is 2.71. The predicted octanol–water partition coefficient (Wildman–Crippen LogP) is 3.31. The summed E-state index contributed by atoms with van der Waals surface area (Å²) in [6.07, 6.45) is 2.88. The second-order valence-electron chi connectivity index (χ2n) is 7.15. The minimum absolute atomic E-state index is 0.182. The zero-order valence-corrected chi connectivity index (χ0v) is 13.1. The summed E-state index contributed by atoms with van der Waals surface area (Å²) in [5.74, 6) is 0.432. The molecule has 2 unspecified atom stereocenters. The first-order valence-corrected chi connectivity index (χ1v) is 7.73. The SMILES string of the molecule is CC(C)(C)OC(=O)N1CCCC2c3ccc(N)cc3CC21. The van der Waals surface area contributed by atoms with E-state index in [-0.39, 0.29) is 12.1 Å². The average Bonchev–Trinajstić information content (AvgIpc) is 2.73. The van der Waals surface area contributed by atoms with Crippen LogP contribution in [0.1, 0.15) is 50.7 Å². The number of nitrogens with zero attached hydrogens (tertiary/aromatic N) is 1. The van der Waals surface area contributed by atoms with E-state index in [2.05, 4.69) is 12.1 Å². The first kappa shape index (κ1) is 14.2. The van der Waals surface area contributed by atoms with E-state index in [0.29, 0.717) is 5.92 Å². The quantitative estimate of drug-likeness (QED) is 0.745. The molecule has 0 radical (unpaired) electrons. The third-order valence-corrected chi connectivity index (χ3v) is 4.40. The van der Waals surface area contributed by atoms with Gasteiger partial charge >= 0.3 is 6.09 Å². The summed E-state index contributed by atoms with van der Waals surface area (Å²) in [4.78, 5) is 14.4. The highest BCUT2D eigenvalue weighted by Crippen LogP contribution is 2.43. The van der Waals surface area contributed by atoms with Crippen molar-refractivity contribution in [3.63, 3.8) is 0 Å². The highest BCUT2D eigenvalue weighted by Gasteiger charge is 2.41. The molecule has 2 atom stereocenters. The maximum absolute atomic E-state index is 12.5. The maximum Gasteiger partial charge on any atom is 0.410 e. The average molecular weight is 288 g/mol. The Hall–Kier alpha value is -1.71. The van der Waals surface area contributed by atoms with Gasteiger partial charge in [0.05, 0.1) is 0 Å². The number of amides is 1. The van der Waals surface area contributed by atoms with Crippen molar-refractivity contribution in [2.24, 2.45) is 0 Å². The molecule has 0 bridgehead atoms. The van der Waals surface area contributed by atoms with Crippen molar-refractivity contribution < 1.29 is 9.53 Å². The molecule has 0 spiro atoms. The van der Waals surface area contributed by atoms with Crippen molar-refractivity contribution in [3.8, 4) is 0 Å². The van der Waals surface area contributed by atoms with Crippen LogP contribution in [0.15, 0.2) is 18.2 Å². The Morgan fingerprint density at radius 3 is 2.86 bits per heavy atom. The lowest BCUT2D eigenvalue weighted by Gasteiger charge is -2.38. The standard InChI is InChI=1S/C17H24N2O2/c1-17(2,3)21-16(20)19-8-4-5-14-13-7-6-12(18)9-11(13)10-15(14)19/h6-7,9,14-15H,4-5,8,10,18H2,1-3H3. The molecule has 1 aliphatic carbocycles. The second kappa shape index (κ2) is 4.93. The lowest BCUT2D eigenvalue weighted by Crippen LogP contribution is -2.48. The van der Waals surface area contributed by atoms with E-state index >= 15 is 0 Å². The number of nitrogens with two attached hydrogens (primary N) is 1. The van der Waals surface area contributed by atoms with Gasteiger partial charge in [0.1, 0.15) is 5.60 Å². The van der Waals surface area contributed by atoms with Gasteiger partial charge in [0.15, 0.2) is 0 Å². The summed E-state index contributed by atoms with van der Waals surface area (Å²) in [6, 6.07) is 6.38. The Bertz CT molecular complexity index is 562. The number of hydrogen-bond acceptors (Lipinski definition) is 3. The fourth-order valence-electron chi connectivity index (χ4n) is 3.61. The van der Waals surface area contributed by atoms with E-state index in [1.54, 1.807) is 0 Å². The lowest BCUT2D eigenvalue weighted by molar-refractivity contribution is 0.00833. The molecule has 1 heterocycles. The number of benzene rings is 1. The van der Waals surface area contributed by atoms with Crippen molar-refractivity contribution in [1.82, 2.24) is 4.90 Å². The van der Waals surface area contributed by atoms with Gasteiger partial charge in [-0.05, 0) is 63.3 Å². The number of rotatable bonds is 0. The Labute approximate surface area is 126 Å². The molecule has 2 N–H and O–H groups in total. The number of likely N-dealkylation sites (tertiary alicyclic amines) is 1. The third-order valence-electron chi connectivity index (χ3n) is 4.40. The van der Waals surface area contributed by atoms with Crippen molar-refractivity contribution in [2.75, 3.05) is 12.3 Å². The van der Waals surface area contributed by atoms with E-state index in [4.69, 9.17) is 10.5 Å². The summed E-state index contributed by atoms with van der Waals surface area (Å²) in [5.41, 5.74) is 8.91. The zero-order chi connectivity index (χ0) is 15.2. The van der Waals surface area contributed by atoms with Gasteiger partial charge in [0.2, 0.25) is 0 Å². The van der Waals surface area contributed by atoms with Crippen LogP contribution >= 0.6 is 0 Å². The molecule has 1 aliphatic heterocycles. The van der Waals surface area contributed by atoms with Gasteiger partial charge in [-0.1, -0.05) is 6.07 Å². The van der Waals surface area contributed by atoms with Crippen LogP contribution in [0.4, 0.5) is 10.5 Å². The largest absolute Gasteiger partial charge is 0.444 e. The molecule has 1 aromatic carbocycles. The van der Waals surface area contributed by atoms with Crippen LogP contribution in [0.5, 0.6) is 0 Å². The highest BCUT2D eigenvalue weighted by molar-refractivity contribution is 5.69. The van der Waals surface area contributed by atoms with Crippen LogP contribution in [-0.4, -0.2) is 29.2 Å². The summed E-state index contributed by atoms with van der Waals surface area (Å²) in [6.45, 7) is 6.53. The monoisotopic (exact) mass is 288 g/mol. The number of carbonyl (C=O) groups is 1. The fraction of sp³-hybridized carbons (Fsp3) is 0.588. The zero-order valence-electron chi connectivity index (χ0n) is 13.1. The predicted molar refractivity (Wildman–Crippen MR) is 83.3 cm³/mol. The normalized spacial score (nSPS) is 24.4. The number of carbonyl (C=O) groups excluding carboxylic acids is 1. The lowest BCUT2D eigenvalue weighted by atomic mass is 9.89. The molecule has 0 aromatic heterocycles. The van der Waals surface area contributed by atoms with Crippen LogP contribution in [0, 0.1) is 0 Å². The van der Waals surface area contributed by atoms with E-state index in [1.165, 1.54) is 11.1 Å². The van der Waals surface area contributed by atoms with Crippen LogP contribution in [0.2, 0.25) is 0 Å². The number of fused-ring (bicyclic) bond motifs is 3. The molecule has 3 rings (SSSR count). The minimum atomic E-state index is -0.445. The Kier molecular flexibility index (Phi) is 3.34. The number of piperidine rings is 1. The molecule has 4 heteroatoms. The van der Waals surface area contributed by atoms with Crippen molar-refractivity contribution in [3.05, 3.63) is 29.3 Å². The second-order valence-corrected chi connectivity index (χ2v) is 7.15. The summed E-state index contributed by atoms with van der Waals surface area (Å²) >= 11 is 0. The molecule has 1 fully saturated rings. The van der Waals surface area contributed by atoms with Gasteiger partial charge in [0.25, 0.3) is 0 Å². The number of nitrogen functional groups attached to an aromatic ring is 1. The molecular formula is C17H24N2O2. The molecule has 1 saturated heterocycles. The first-order valence-electron chi connectivity index (χ1n) is 7.73. The molecular weight excluding hydrogens is 264 g/mol. The van der Waals surface area contributed by atoms with Crippen molar-refractivity contribution >= 4 is 11.8 Å². The first-order chi connectivity index (χ1) is 9.85. The van der Waals surface area contributed by atoms with E-state index in [9.17, 15) is 4.79 Å².